The lowest BCUT2D eigenvalue weighted by Crippen LogP contribution is -2.55. The minimum atomic E-state index is -0.487. The molecule has 1 fully saturated rings. The maximum absolute atomic E-state index is 6.56. The van der Waals surface area contributed by atoms with Crippen LogP contribution in [-0.4, -0.2) is 17.5 Å². The molecule has 3 aliphatic rings. The van der Waals surface area contributed by atoms with Crippen LogP contribution >= 0.6 is 0 Å². The van der Waals surface area contributed by atoms with Crippen molar-refractivity contribution in [3.05, 3.63) is 22.8 Å². The van der Waals surface area contributed by atoms with Crippen molar-refractivity contribution in [2.24, 2.45) is 5.41 Å². The van der Waals surface area contributed by atoms with E-state index in [1.807, 2.05) is 0 Å². The summed E-state index contributed by atoms with van der Waals surface area (Å²) in [5.74, 6) is -0.487. The highest BCUT2D eigenvalue weighted by atomic mass is 16.8. The molecule has 2 heteroatoms. The van der Waals surface area contributed by atoms with Crippen molar-refractivity contribution in [3.63, 3.8) is 0 Å². The monoisotopic (exact) mass is 276 g/mol. The highest BCUT2D eigenvalue weighted by molar-refractivity contribution is 5.34. The van der Waals surface area contributed by atoms with E-state index in [1.54, 1.807) is 11.1 Å². The van der Waals surface area contributed by atoms with Gasteiger partial charge in [-0.05, 0) is 53.4 Å². The first-order chi connectivity index (χ1) is 9.18. The number of fused-ring (bicyclic) bond motifs is 1. The Morgan fingerprint density at radius 1 is 1.05 bits per heavy atom. The van der Waals surface area contributed by atoms with Crippen LogP contribution in [-0.2, 0) is 9.47 Å². The molecular weight excluding hydrogens is 248 g/mol. The minimum Gasteiger partial charge on any atom is -0.340 e. The van der Waals surface area contributed by atoms with Gasteiger partial charge in [0, 0.05) is 5.41 Å². The Morgan fingerprint density at radius 2 is 1.75 bits per heavy atom. The van der Waals surface area contributed by atoms with Crippen molar-refractivity contribution in [2.45, 2.75) is 84.7 Å². The molecule has 0 unspecified atom stereocenters. The summed E-state index contributed by atoms with van der Waals surface area (Å²) in [6.45, 7) is 13.4. The fraction of sp³-hybridized carbons (Fsp3) is 0.778. The number of hydrogen-bond donors (Lipinski definition) is 0. The molecule has 0 aromatic rings. The van der Waals surface area contributed by atoms with E-state index in [2.05, 4.69) is 47.6 Å². The predicted octanol–water partition coefficient (Wildman–Crippen LogP) is 4.75. The lowest BCUT2D eigenvalue weighted by atomic mass is 9.58. The van der Waals surface area contributed by atoms with E-state index < -0.39 is 5.79 Å². The molecule has 2 bridgehead atoms. The van der Waals surface area contributed by atoms with E-state index in [0.717, 1.165) is 19.3 Å². The molecule has 112 valence electrons. The summed E-state index contributed by atoms with van der Waals surface area (Å²) in [6.07, 6.45) is 6.92. The molecule has 0 saturated carbocycles. The van der Waals surface area contributed by atoms with Gasteiger partial charge in [-0.2, -0.15) is 0 Å². The maximum Gasteiger partial charge on any atom is 0.164 e. The lowest BCUT2D eigenvalue weighted by molar-refractivity contribution is -0.185. The maximum atomic E-state index is 6.56. The van der Waals surface area contributed by atoms with Crippen LogP contribution in [0.25, 0.3) is 0 Å². The van der Waals surface area contributed by atoms with E-state index in [9.17, 15) is 0 Å². The Kier molecular flexibility index (Phi) is 3.02. The van der Waals surface area contributed by atoms with Crippen molar-refractivity contribution in [1.82, 2.24) is 0 Å². The van der Waals surface area contributed by atoms with Crippen LogP contribution in [0.2, 0.25) is 0 Å². The van der Waals surface area contributed by atoms with Crippen LogP contribution in [0.4, 0.5) is 0 Å². The number of allylic oxidation sites excluding steroid dienone is 2. The third kappa shape index (κ3) is 1.84. The molecule has 1 spiro atoms. The predicted molar refractivity (Wildman–Crippen MR) is 81.5 cm³/mol. The first-order valence-electron chi connectivity index (χ1n) is 7.92. The Balaban J connectivity index is 2.19. The Morgan fingerprint density at radius 3 is 2.45 bits per heavy atom. The molecule has 20 heavy (non-hydrogen) atoms. The summed E-state index contributed by atoms with van der Waals surface area (Å²) >= 11 is 0. The quantitative estimate of drug-likeness (QED) is 0.594. The molecule has 0 aromatic carbocycles. The van der Waals surface area contributed by atoms with Gasteiger partial charge in [-0.15, -0.1) is 0 Å². The third-order valence-corrected chi connectivity index (χ3v) is 5.70. The summed E-state index contributed by atoms with van der Waals surface area (Å²) in [6, 6.07) is 0. The van der Waals surface area contributed by atoms with Crippen molar-refractivity contribution in [2.75, 3.05) is 0 Å². The number of hydrogen-bond acceptors (Lipinski definition) is 2. The zero-order valence-corrected chi connectivity index (χ0v) is 13.8. The minimum absolute atomic E-state index is 0.0466. The van der Waals surface area contributed by atoms with Gasteiger partial charge in [0.05, 0.1) is 0 Å². The summed E-state index contributed by atoms with van der Waals surface area (Å²) in [5, 5.41) is 0. The smallest absolute Gasteiger partial charge is 0.164 e. The van der Waals surface area contributed by atoms with Crippen molar-refractivity contribution in [3.8, 4) is 0 Å². The van der Waals surface area contributed by atoms with E-state index in [1.165, 1.54) is 12.0 Å². The van der Waals surface area contributed by atoms with Gasteiger partial charge >= 0.3 is 0 Å². The number of rotatable bonds is 0. The van der Waals surface area contributed by atoms with Crippen LogP contribution < -0.4 is 0 Å². The lowest BCUT2D eigenvalue weighted by Gasteiger charge is -2.51. The van der Waals surface area contributed by atoms with Gasteiger partial charge in [0.2, 0.25) is 0 Å². The summed E-state index contributed by atoms with van der Waals surface area (Å²) in [5.41, 5.74) is 4.45. The van der Waals surface area contributed by atoms with Crippen molar-refractivity contribution in [1.29, 1.82) is 0 Å². The zero-order valence-electron chi connectivity index (χ0n) is 13.8. The van der Waals surface area contributed by atoms with Gasteiger partial charge in [-0.3, -0.25) is 0 Å². The van der Waals surface area contributed by atoms with Gasteiger partial charge in [0.25, 0.3) is 0 Å². The van der Waals surface area contributed by atoms with Gasteiger partial charge in [0.1, 0.15) is 11.7 Å². The molecule has 1 saturated heterocycles. The molecule has 0 amide bonds. The normalized spacial score (nSPS) is 41.5. The summed E-state index contributed by atoms with van der Waals surface area (Å²) in [7, 11) is 0. The first-order valence-corrected chi connectivity index (χ1v) is 7.92. The van der Waals surface area contributed by atoms with Crippen LogP contribution in [0.5, 0.6) is 0 Å². The average molecular weight is 276 g/mol. The topological polar surface area (TPSA) is 18.5 Å². The summed E-state index contributed by atoms with van der Waals surface area (Å²) < 4.78 is 12.8. The molecule has 2 nitrogen and oxygen atoms in total. The molecular formula is C18H28O2. The molecule has 0 N–H and O–H groups in total. The standard InChI is InChI=1S/C18H28O2/c1-12-7-8-14-13(2)9-10-18(16(14,3)4)15(11-12)19-17(5,6)20-18/h11,15H,7-10H2,1-6H3/b12-11-/t15-,18+/m0/s1. The largest absolute Gasteiger partial charge is 0.340 e. The Bertz CT molecular complexity index is 496. The Labute approximate surface area is 123 Å². The summed E-state index contributed by atoms with van der Waals surface area (Å²) in [4.78, 5) is 0. The van der Waals surface area contributed by atoms with Gasteiger partial charge < -0.3 is 9.47 Å². The number of ether oxygens (including phenoxy) is 2. The molecule has 1 heterocycles. The van der Waals surface area contributed by atoms with Crippen molar-refractivity contribution >= 4 is 0 Å². The van der Waals surface area contributed by atoms with Crippen LogP contribution in [0, 0.1) is 5.41 Å². The molecule has 0 radical (unpaired) electrons. The second-order valence-electron chi connectivity index (χ2n) is 7.83. The zero-order chi connectivity index (χ0) is 14.8. The van der Waals surface area contributed by atoms with E-state index >= 15 is 0 Å². The first kappa shape index (κ1) is 14.3. The van der Waals surface area contributed by atoms with Crippen molar-refractivity contribution < 1.29 is 9.47 Å². The van der Waals surface area contributed by atoms with Crippen LogP contribution in [0.15, 0.2) is 22.8 Å². The fourth-order valence-corrected chi connectivity index (χ4v) is 4.58. The highest BCUT2D eigenvalue weighted by Gasteiger charge is 2.62. The van der Waals surface area contributed by atoms with E-state index in [-0.39, 0.29) is 17.1 Å². The Hall–Kier alpha value is -0.600. The average Bonchev–Trinajstić information content (AvgIpc) is 2.56. The molecule has 3 rings (SSSR count). The van der Waals surface area contributed by atoms with E-state index in [4.69, 9.17) is 9.47 Å². The van der Waals surface area contributed by atoms with Crippen LogP contribution in [0.3, 0.4) is 0 Å². The third-order valence-electron chi connectivity index (χ3n) is 5.70. The van der Waals surface area contributed by atoms with Crippen LogP contribution in [0.1, 0.15) is 67.2 Å². The molecule has 2 aliphatic carbocycles. The van der Waals surface area contributed by atoms with Gasteiger partial charge in [0.15, 0.2) is 5.79 Å². The SMILES string of the molecule is CC1=C2CC/C(C)=C\[C@@H]3OC(C)(C)O[C@@]3(CC1)C2(C)C. The fourth-order valence-electron chi connectivity index (χ4n) is 4.58. The van der Waals surface area contributed by atoms with Gasteiger partial charge in [-0.1, -0.05) is 36.6 Å². The molecule has 2 atom stereocenters. The van der Waals surface area contributed by atoms with Gasteiger partial charge in [-0.25, -0.2) is 0 Å². The second kappa shape index (κ2) is 4.20. The second-order valence-corrected chi connectivity index (χ2v) is 7.83. The molecule has 0 aromatic heterocycles. The van der Waals surface area contributed by atoms with E-state index in [0.29, 0.717) is 0 Å². The molecule has 1 aliphatic heterocycles. The highest BCUT2D eigenvalue weighted by Crippen LogP contribution is 2.59.